The van der Waals surface area contributed by atoms with Crippen LogP contribution in [0.4, 0.5) is 15.8 Å². The first kappa shape index (κ1) is 21.2. The Hall–Kier alpha value is -3.63. The van der Waals surface area contributed by atoms with Crippen LogP contribution in [-0.2, 0) is 15.0 Å². The number of hydrogen-bond acceptors (Lipinski definition) is 5. The van der Waals surface area contributed by atoms with E-state index in [1.165, 1.54) is 18.2 Å². The first-order chi connectivity index (χ1) is 15.6. The molecule has 3 N–H and O–H groups in total. The molecule has 2 heterocycles. The average molecular weight is 463 g/mol. The lowest BCUT2D eigenvalue weighted by Crippen LogP contribution is -2.52. The van der Waals surface area contributed by atoms with Gasteiger partial charge in [-0.1, -0.05) is 43.6 Å². The summed E-state index contributed by atoms with van der Waals surface area (Å²) in [6, 6.07) is 13.2. The Balaban J connectivity index is 1.90. The highest BCUT2D eigenvalue weighted by Gasteiger charge is 2.61. The van der Waals surface area contributed by atoms with Gasteiger partial charge >= 0.3 is 0 Å². The predicted octanol–water partition coefficient (Wildman–Crippen LogP) is 4.53. The van der Waals surface area contributed by atoms with Gasteiger partial charge < -0.3 is 11.1 Å². The lowest BCUT2D eigenvalue weighted by atomic mass is 9.61. The molecule has 1 spiro atoms. The van der Waals surface area contributed by atoms with Gasteiger partial charge in [0.05, 0.1) is 10.6 Å². The van der Waals surface area contributed by atoms with E-state index >= 15 is 0 Å². The largest absolute Gasteiger partial charge is 0.384 e. The van der Waals surface area contributed by atoms with Gasteiger partial charge in [-0.3, -0.25) is 14.5 Å². The predicted molar refractivity (Wildman–Crippen MR) is 123 cm³/mol. The quantitative estimate of drug-likeness (QED) is 0.648. The van der Waals surface area contributed by atoms with Crippen LogP contribution in [0.15, 0.2) is 65.1 Å². The van der Waals surface area contributed by atoms with E-state index in [0.717, 1.165) is 0 Å². The zero-order valence-corrected chi connectivity index (χ0v) is 18.8. The van der Waals surface area contributed by atoms with Crippen LogP contribution in [0.1, 0.15) is 32.3 Å². The van der Waals surface area contributed by atoms with Crippen molar-refractivity contribution in [3.8, 4) is 6.07 Å². The third-order valence-electron chi connectivity index (χ3n) is 6.56. The van der Waals surface area contributed by atoms with Crippen LogP contribution < -0.4 is 16.0 Å². The summed E-state index contributed by atoms with van der Waals surface area (Å²) >= 11 is 6.05. The van der Waals surface area contributed by atoms with Gasteiger partial charge in [0, 0.05) is 34.6 Å². The minimum atomic E-state index is -1.64. The van der Waals surface area contributed by atoms with E-state index in [1.807, 2.05) is 13.8 Å². The smallest absolute Gasteiger partial charge is 0.245 e. The number of carbonyl (C=O) groups excluding carboxylic acids is 2. The second-order valence-electron chi connectivity index (χ2n) is 9.32. The van der Waals surface area contributed by atoms with Crippen molar-refractivity contribution in [1.29, 1.82) is 5.26 Å². The van der Waals surface area contributed by atoms with Gasteiger partial charge in [0.15, 0.2) is 5.78 Å². The minimum absolute atomic E-state index is 0.0104. The number of nitriles is 1. The second kappa shape index (κ2) is 6.93. The second-order valence-corrected chi connectivity index (χ2v) is 9.73. The van der Waals surface area contributed by atoms with Crippen LogP contribution in [-0.4, -0.2) is 11.7 Å². The number of allylic oxidation sites excluding steroid dienone is 1. The fourth-order valence-corrected chi connectivity index (χ4v) is 5.47. The van der Waals surface area contributed by atoms with Gasteiger partial charge in [-0.05, 0) is 36.1 Å². The molecule has 2 aromatic carbocycles. The molecule has 0 aromatic heterocycles. The average Bonchev–Trinajstić information content (AvgIpc) is 3.02. The highest BCUT2D eigenvalue weighted by atomic mass is 35.5. The summed E-state index contributed by atoms with van der Waals surface area (Å²) < 4.78 is 13.9. The summed E-state index contributed by atoms with van der Waals surface area (Å²) in [5, 5.41) is 13.0. The van der Waals surface area contributed by atoms with Crippen molar-refractivity contribution in [2.75, 3.05) is 10.2 Å². The number of fused-ring (bicyclic) bond motifs is 3. The Morgan fingerprint density at radius 3 is 2.61 bits per heavy atom. The molecule has 0 bridgehead atoms. The molecule has 6 nitrogen and oxygen atoms in total. The number of nitrogens with zero attached hydrogens (tertiary/aromatic N) is 2. The molecule has 1 atom stereocenters. The summed E-state index contributed by atoms with van der Waals surface area (Å²) in [5.41, 5.74) is 6.70. The molecule has 0 saturated heterocycles. The monoisotopic (exact) mass is 462 g/mol. The number of ketones is 1. The maximum Gasteiger partial charge on any atom is 0.245 e. The van der Waals surface area contributed by atoms with E-state index in [9.17, 15) is 19.2 Å². The molecule has 0 radical (unpaired) electrons. The standard InChI is InChI=1S/C25H20ClFN4O2/c1-24(2)10-19-21(20(32)11-24)25(14-5-3-4-6-18(14)30-23(25)33)15(12-28)22(29)31(19)13-7-8-17(27)16(26)9-13/h3-9H,10-11,29H2,1-2H3,(H,30,33). The SMILES string of the molecule is CC1(C)CC(=O)C2=C(C1)N(c1ccc(F)c(Cl)c1)C(N)=C(C#N)C21C(=O)Nc2ccccc21. The van der Waals surface area contributed by atoms with Crippen molar-refractivity contribution < 1.29 is 14.0 Å². The highest BCUT2D eigenvalue weighted by Crippen LogP contribution is 2.57. The third-order valence-corrected chi connectivity index (χ3v) is 6.85. The Labute approximate surface area is 195 Å². The van der Waals surface area contributed by atoms with E-state index < -0.39 is 22.6 Å². The van der Waals surface area contributed by atoms with E-state index in [2.05, 4.69) is 11.4 Å². The highest BCUT2D eigenvalue weighted by molar-refractivity contribution is 6.31. The number of rotatable bonds is 1. The van der Waals surface area contributed by atoms with Crippen molar-refractivity contribution in [3.05, 3.63) is 81.5 Å². The van der Waals surface area contributed by atoms with Gasteiger partial charge in [-0.25, -0.2) is 4.39 Å². The lowest BCUT2D eigenvalue weighted by Gasteiger charge is -2.46. The van der Waals surface area contributed by atoms with Crippen molar-refractivity contribution in [1.82, 2.24) is 0 Å². The maximum absolute atomic E-state index is 13.9. The molecular weight excluding hydrogens is 443 g/mol. The van der Waals surface area contributed by atoms with Crippen molar-refractivity contribution in [2.45, 2.75) is 32.1 Å². The molecule has 2 aromatic rings. The molecule has 1 unspecified atom stereocenters. The number of carbonyl (C=O) groups is 2. The molecule has 0 saturated carbocycles. The zero-order chi connectivity index (χ0) is 23.7. The molecule has 5 rings (SSSR count). The van der Waals surface area contributed by atoms with Gasteiger partial charge in [0.1, 0.15) is 23.1 Å². The van der Waals surface area contributed by atoms with Crippen LogP contribution >= 0.6 is 11.6 Å². The number of benzene rings is 2. The number of anilines is 2. The number of para-hydroxylation sites is 1. The van der Waals surface area contributed by atoms with Gasteiger partial charge in [0.2, 0.25) is 5.91 Å². The fraction of sp³-hybridized carbons (Fsp3) is 0.240. The number of nitrogens with two attached hydrogens (primary N) is 1. The minimum Gasteiger partial charge on any atom is -0.384 e. The first-order valence-corrected chi connectivity index (χ1v) is 10.8. The zero-order valence-electron chi connectivity index (χ0n) is 18.0. The van der Waals surface area contributed by atoms with Crippen LogP contribution in [0.5, 0.6) is 0 Å². The third kappa shape index (κ3) is 2.77. The first-order valence-electron chi connectivity index (χ1n) is 10.4. The number of nitrogens with one attached hydrogen (secondary N) is 1. The number of hydrogen-bond donors (Lipinski definition) is 2. The molecule has 3 aliphatic rings. The Bertz CT molecular complexity index is 1370. The molecular formula is C25H20ClFN4O2. The molecule has 0 fully saturated rings. The van der Waals surface area contributed by atoms with Gasteiger partial charge in [-0.15, -0.1) is 0 Å². The summed E-state index contributed by atoms with van der Waals surface area (Å²) in [6.07, 6.45) is 0.624. The Kier molecular flexibility index (Phi) is 4.46. The van der Waals surface area contributed by atoms with Gasteiger partial charge in [0.25, 0.3) is 0 Å². The van der Waals surface area contributed by atoms with Crippen LogP contribution in [0.25, 0.3) is 0 Å². The van der Waals surface area contributed by atoms with Crippen LogP contribution in [0, 0.1) is 22.6 Å². The van der Waals surface area contributed by atoms with E-state index in [4.69, 9.17) is 17.3 Å². The lowest BCUT2D eigenvalue weighted by molar-refractivity contribution is -0.123. The molecule has 8 heteroatoms. The molecule has 1 aliphatic carbocycles. The van der Waals surface area contributed by atoms with E-state index in [0.29, 0.717) is 29.1 Å². The molecule has 33 heavy (non-hydrogen) atoms. The van der Waals surface area contributed by atoms with Crippen molar-refractivity contribution in [3.63, 3.8) is 0 Å². The molecule has 1 amide bonds. The van der Waals surface area contributed by atoms with Gasteiger partial charge in [-0.2, -0.15) is 5.26 Å². The summed E-state index contributed by atoms with van der Waals surface area (Å²) in [5.74, 6) is -1.31. The van der Waals surface area contributed by atoms with Crippen molar-refractivity contribution in [2.24, 2.45) is 11.1 Å². The van der Waals surface area contributed by atoms with E-state index in [1.54, 1.807) is 29.2 Å². The van der Waals surface area contributed by atoms with Crippen molar-refractivity contribution >= 4 is 34.7 Å². The van der Waals surface area contributed by atoms with E-state index in [-0.39, 0.29) is 34.2 Å². The fourth-order valence-electron chi connectivity index (χ4n) is 5.29. The topological polar surface area (TPSA) is 99.2 Å². The summed E-state index contributed by atoms with van der Waals surface area (Å²) in [7, 11) is 0. The maximum atomic E-state index is 13.9. The number of Topliss-reactive ketones (excluding diaryl/α,β-unsaturated/α-hetero) is 1. The van der Waals surface area contributed by atoms with Crippen LogP contribution in [0.2, 0.25) is 5.02 Å². The number of halogens is 2. The normalized spacial score (nSPS) is 23.4. The number of amides is 1. The Morgan fingerprint density at radius 1 is 1.18 bits per heavy atom. The molecule has 2 aliphatic heterocycles. The molecule has 166 valence electrons. The Morgan fingerprint density at radius 2 is 1.91 bits per heavy atom. The van der Waals surface area contributed by atoms with Crippen LogP contribution in [0.3, 0.4) is 0 Å². The summed E-state index contributed by atoms with van der Waals surface area (Å²) in [6.45, 7) is 3.92. The summed E-state index contributed by atoms with van der Waals surface area (Å²) in [4.78, 5) is 28.9.